The molecule has 242 valence electrons. The first-order valence-electron chi connectivity index (χ1n) is 16.6. The second kappa shape index (κ2) is 11.0. The van der Waals surface area contributed by atoms with Crippen molar-refractivity contribution in [3.05, 3.63) is 157 Å². The monoisotopic (exact) mass is 666 g/mol. The third-order valence-corrected chi connectivity index (χ3v) is 9.86. The third-order valence-electron chi connectivity index (χ3n) is 9.86. The van der Waals surface area contributed by atoms with E-state index in [9.17, 15) is 13.2 Å². The van der Waals surface area contributed by atoms with Crippen LogP contribution in [0, 0.1) is 0 Å². The second-order valence-corrected chi connectivity index (χ2v) is 12.8. The topological polar surface area (TPSA) is 43.6 Å². The number of halogens is 3. The lowest BCUT2D eigenvalue weighted by molar-refractivity contribution is -0.137. The zero-order valence-electron chi connectivity index (χ0n) is 26.9. The van der Waals surface area contributed by atoms with Crippen molar-refractivity contribution < 1.29 is 13.2 Å². The summed E-state index contributed by atoms with van der Waals surface area (Å²) >= 11 is 0. The summed E-state index contributed by atoms with van der Waals surface area (Å²) in [4.78, 5) is 14.3. The minimum Gasteiger partial charge on any atom is -0.308 e. The maximum absolute atomic E-state index is 13.7. The minimum absolute atomic E-state index is 0.455. The molecule has 0 N–H and O–H groups in total. The molecular formula is C44H25F3N4. The highest BCUT2D eigenvalue weighted by Crippen LogP contribution is 2.41. The second-order valence-electron chi connectivity index (χ2n) is 12.8. The fourth-order valence-electron chi connectivity index (χ4n) is 7.53. The summed E-state index contributed by atoms with van der Waals surface area (Å²) in [5.74, 6) is 0. The number of alkyl halides is 3. The van der Waals surface area contributed by atoms with Gasteiger partial charge in [-0.3, -0.25) is 9.97 Å². The van der Waals surface area contributed by atoms with E-state index in [1.807, 2.05) is 53.1 Å². The van der Waals surface area contributed by atoms with Crippen LogP contribution in [0.3, 0.4) is 0 Å². The fourth-order valence-corrected chi connectivity index (χ4v) is 7.53. The molecule has 0 bridgehead atoms. The third kappa shape index (κ3) is 4.66. The van der Waals surface area contributed by atoms with Crippen LogP contribution in [0.15, 0.2) is 152 Å². The Balaban J connectivity index is 1.14. The van der Waals surface area contributed by atoms with Crippen LogP contribution in [-0.2, 0) is 6.18 Å². The first kappa shape index (κ1) is 29.3. The number of hydrogen-bond donors (Lipinski definition) is 0. The SMILES string of the molecule is FC(F)(F)c1ccc2c(c1)c1ncccc1n2-c1ccc(-c2cc(-c3ccccn3)nc(-c3ccc4ccc5cccc6ccc3c4c56)c2)cc1. The van der Waals surface area contributed by atoms with Gasteiger partial charge in [0, 0.05) is 29.0 Å². The molecule has 0 saturated carbocycles. The number of hydrogen-bond acceptors (Lipinski definition) is 3. The van der Waals surface area contributed by atoms with Gasteiger partial charge >= 0.3 is 6.18 Å². The Morgan fingerprint density at radius 3 is 2.02 bits per heavy atom. The Morgan fingerprint density at radius 2 is 1.24 bits per heavy atom. The van der Waals surface area contributed by atoms with E-state index >= 15 is 0 Å². The van der Waals surface area contributed by atoms with Gasteiger partial charge < -0.3 is 4.57 Å². The molecule has 0 aliphatic carbocycles. The molecule has 10 rings (SSSR count). The Hall–Kier alpha value is -6.60. The van der Waals surface area contributed by atoms with Crippen LogP contribution in [-0.4, -0.2) is 19.5 Å². The van der Waals surface area contributed by atoms with Crippen molar-refractivity contribution in [2.24, 2.45) is 0 Å². The number of aromatic nitrogens is 4. The molecule has 0 fully saturated rings. The van der Waals surface area contributed by atoms with Gasteiger partial charge in [-0.15, -0.1) is 0 Å². The average molecular weight is 667 g/mol. The summed E-state index contributed by atoms with van der Waals surface area (Å²) in [6, 6.07) is 45.1. The lowest BCUT2D eigenvalue weighted by Gasteiger charge is -2.15. The van der Waals surface area contributed by atoms with Gasteiger partial charge in [0.15, 0.2) is 0 Å². The van der Waals surface area contributed by atoms with Crippen LogP contribution in [0.5, 0.6) is 0 Å². The number of benzene rings is 6. The van der Waals surface area contributed by atoms with Gasteiger partial charge in [0.05, 0.1) is 39.2 Å². The zero-order chi connectivity index (χ0) is 34.3. The van der Waals surface area contributed by atoms with E-state index in [0.717, 1.165) is 56.4 Å². The van der Waals surface area contributed by atoms with Crippen LogP contribution < -0.4 is 0 Å². The van der Waals surface area contributed by atoms with E-state index in [-0.39, 0.29) is 0 Å². The summed E-state index contributed by atoms with van der Waals surface area (Å²) < 4.78 is 42.9. The van der Waals surface area contributed by atoms with Crippen molar-refractivity contribution in [1.29, 1.82) is 0 Å². The van der Waals surface area contributed by atoms with Crippen LogP contribution >= 0.6 is 0 Å². The van der Waals surface area contributed by atoms with Crippen LogP contribution in [0.4, 0.5) is 13.2 Å². The molecule has 51 heavy (non-hydrogen) atoms. The predicted molar refractivity (Wildman–Crippen MR) is 199 cm³/mol. The maximum Gasteiger partial charge on any atom is 0.416 e. The van der Waals surface area contributed by atoms with Gasteiger partial charge in [0.25, 0.3) is 0 Å². The van der Waals surface area contributed by atoms with E-state index in [1.54, 1.807) is 18.5 Å². The Labute approximate surface area is 289 Å². The maximum atomic E-state index is 13.7. The molecule has 10 aromatic rings. The van der Waals surface area contributed by atoms with Crippen molar-refractivity contribution in [2.45, 2.75) is 6.18 Å². The van der Waals surface area contributed by atoms with Gasteiger partial charge in [-0.05, 0) is 110 Å². The first-order valence-corrected chi connectivity index (χ1v) is 16.6. The fraction of sp³-hybridized carbons (Fsp3) is 0.0227. The van der Waals surface area contributed by atoms with E-state index in [0.29, 0.717) is 16.4 Å². The van der Waals surface area contributed by atoms with E-state index < -0.39 is 11.7 Å². The molecular weight excluding hydrogens is 642 g/mol. The van der Waals surface area contributed by atoms with E-state index in [4.69, 9.17) is 4.98 Å². The molecule has 0 aliphatic heterocycles. The van der Waals surface area contributed by atoms with Crippen molar-refractivity contribution >= 4 is 54.3 Å². The Kier molecular flexibility index (Phi) is 6.30. The molecule has 6 aromatic carbocycles. The van der Waals surface area contributed by atoms with Gasteiger partial charge in [0.2, 0.25) is 0 Å². The van der Waals surface area contributed by atoms with Crippen LogP contribution in [0.25, 0.3) is 93.7 Å². The van der Waals surface area contributed by atoms with Crippen LogP contribution in [0.1, 0.15) is 5.56 Å². The molecule has 0 unspecified atom stereocenters. The zero-order valence-corrected chi connectivity index (χ0v) is 26.9. The summed E-state index contributed by atoms with van der Waals surface area (Å²) in [5.41, 5.74) is 7.37. The molecule has 4 aromatic heterocycles. The van der Waals surface area contributed by atoms with Crippen LogP contribution in [0.2, 0.25) is 0 Å². The van der Waals surface area contributed by atoms with Gasteiger partial charge in [-0.2, -0.15) is 13.2 Å². The summed E-state index contributed by atoms with van der Waals surface area (Å²) in [7, 11) is 0. The van der Waals surface area contributed by atoms with Crippen molar-refractivity contribution in [3.63, 3.8) is 0 Å². The Morgan fingerprint density at radius 1 is 0.490 bits per heavy atom. The Bertz CT molecular complexity index is 2930. The highest BCUT2D eigenvalue weighted by molar-refractivity contribution is 6.25. The highest BCUT2D eigenvalue weighted by Gasteiger charge is 2.31. The van der Waals surface area contributed by atoms with E-state index in [1.165, 1.54) is 39.1 Å². The first-order chi connectivity index (χ1) is 24.9. The summed E-state index contributed by atoms with van der Waals surface area (Å²) in [6.45, 7) is 0. The summed E-state index contributed by atoms with van der Waals surface area (Å²) in [6.07, 6.45) is -1.07. The quantitative estimate of drug-likeness (QED) is 0.176. The minimum atomic E-state index is -4.45. The number of fused-ring (bicyclic) bond motifs is 3. The normalized spacial score (nSPS) is 12.2. The number of rotatable bonds is 4. The molecule has 0 aliphatic rings. The largest absolute Gasteiger partial charge is 0.416 e. The smallest absolute Gasteiger partial charge is 0.308 e. The molecule has 4 nitrogen and oxygen atoms in total. The van der Waals surface area contributed by atoms with Crippen molar-refractivity contribution in [3.8, 4) is 39.5 Å². The molecule has 0 radical (unpaired) electrons. The predicted octanol–water partition coefficient (Wildman–Crippen LogP) is 11.9. The van der Waals surface area contributed by atoms with Gasteiger partial charge in [-0.1, -0.05) is 72.8 Å². The standard InChI is InChI=1S/C44H25F3N4/c45-44(46,47)31-15-20-39-35(25-31)43-40(8-4-22-49-43)51(39)32-16-11-26(12-17-32)30-23-37(50-38(24-30)36-7-1-2-21-48-36)33-18-13-29-10-9-27-5-3-6-28-14-19-34(33)42(29)41(27)28/h1-25H. The molecule has 0 spiro atoms. The number of pyridine rings is 3. The van der Waals surface area contributed by atoms with Gasteiger partial charge in [0.1, 0.15) is 0 Å². The molecule has 7 heteroatoms. The molecule has 4 heterocycles. The molecule has 0 amide bonds. The molecule has 0 saturated heterocycles. The van der Waals surface area contributed by atoms with Crippen molar-refractivity contribution in [2.75, 3.05) is 0 Å². The highest BCUT2D eigenvalue weighted by atomic mass is 19.4. The number of nitrogens with zero attached hydrogens (tertiary/aromatic N) is 4. The van der Waals surface area contributed by atoms with Gasteiger partial charge in [-0.25, -0.2) is 4.98 Å². The average Bonchev–Trinajstić information content (AvgIpc) is 3.50. The van der Waals surface area contributed by atoms with E-state index in [2.05, 4.69) is 76.7 Å². The lowest BCUT2D eigenvalue weighted by Crippen LogP contribution is -2.04. The van der Waals surface area contributed by atoms with Crippen molar-refractivity contribution in [1.82, 2.24) is 19.5 Å². The summed E-state index contributed by atoms with van der Waals surface area (Å²) in [5, 5.41) is 7.67. The lowest BCUT2D eigenvalue weighted by atomic mass is 9.90. The molecule has 0 atom stereocenters.